The molecule has 31 heavy (non-hydrogen) atoms. The zero-order valence-electron chi connectivity index (χ0n) is 16.9. The molecule has 3 aromatic rings. The van der Waals surface area contributed by atoms with Gasteiger partial charge in [-0.25, -0.2) is 4.79 Å². The Bertz CT molecular complexity index is 1170. The number of hydrogen-bond acceptors (Lipinski definition) is 5. The summed E-state index contributed by atoms with van der Waals surface area (Å²) in [5.74, 6) is 0.109. The molecular weight excluding hydrogens is 398 g/mol. The van der Waals surface area contributed by atoms with E-state index in [4.69, 9.17) is 9.15 Å². The Hall–Kier alpha value is -3.81. The maximum Gasteiger partial charge on any atom is 0.325 e. The number of para-hydroxylation sites is 2. The van der Waals surface area contributed by atoms with Crippen LogP contribution in [0.3, 0.4) is 0 Å². The van der Waals surface area contributed by atoms with Crippen molar-refractivity contribution in [1.29, 1.82) is 0 Å². The number of nitrogens with one attached hydrogen (secondary N) is 2. The molecule has 2 atom stereocenters. The minimum atomic E-state index is -1.37. The van der Waals surface area contributed by atoms with E-state index in [1.807, 2.05) is 42.5 Å². The van der Waals surface area contributed by atoms with E-state index >= 15 is 0 Å². The summed E-state index contributed by atoms with van der Waals surface area (Å²) in [7, 11) is 0. The quantitative estimate of drug-likeness (QED) is 0.634. The molecule has 4 amide bonds. The van der Waals surface area contributed by atoms with Crippen LogP contribution in [0.5, 0.6) is 5.75 Å². The predicted molar refractivity (Wildman–Crippen MR) is 111 cm³/mol. The molecule has 0 spiro atoms. The smallest absolute Gasteiger partial charge is 0.325 e. The molecule has 2 aliphatic heterocycles. The molecule has 1 saturated heterocycles. The van der Waals surface area contributed by atoms with Gasteiger partial charge in [0.25, 0.3) is 5.91 Å². The average molecular weight is 419 g/mol. The normalized spacial score (nSPS) is 22.7. The van der Waals surface area contributed by atoms with Gasteiger partial charge < -0.3 is 19.8 Å². The van der Waals surface area contributed by atoms with E-state index in [1.54, 1.807) is 19.1 Å². The fourth-order valence-electron chi connectivity index (χ4n) is 4.11. The number of benzene rings is 2. The number of hydrogen-bond donors (Lipinski definition) is 2. The largest absolute Gasteiger partial charge is 0.493 e. The molecule has 2 aliphatic rings. The number of fused-ring (bicyclic) bond motifs is 2. The lowest BCUT2D eigenvalue weighted by Gasteiger charge is -2.27. The van der Waals surface area contributed by atoms with E-state index in [1.165, 1.54) is 0 Å². The predicted octanol–water partition coefficient (Wildman–Crippen LogP) is 2.84. The topological polar surface area (TPSA) is 101 Å². The highest BCUT2D eigenvalue weighted by Crippen LogP contribution is 2.34. The number of ether oxygens (including phenoxy) is 1. The first kappa shape index (κ1) is 19.2. The van der Waals surface area contributed by atoms with Crippen molar-refractivity contribution in [2.75, 3.05) is 13.2 Å². The van der Waals surface area contributed by atoms with Gasteiger partial charge in [-0.1, -0.05) is 36.4 Å². The molecule has 0 bridgehead atoms. The van der Waals surface area contributed by atoms with E-state index in [2.05, 4.69) is 10.6 Å². The van der Waals surface area contributed by atoms with Gasteiger partial charge in [-0.3, -0.25) is 14.5 Å². The third-order valence-corrected chi connectivity index (χ3v) is 5.79. The molecule has 1 aromatic heterocycles. The molecule has 2 aromatic carbocycles. The number of imide groups is 1. The van der Waals surface area contributed by atoms with Crippen LogP contribution in [0.4, 0.5) is 4.79 Å². The van der Waals surface area contributed by atoms with E-state index in [-0.39, 0.29) is 12.6 Å². The van der Waals surface area contributed by atoms with Crippen LogP contribution in [0.25, 0.3) is 11.0 Å². The fourth-order valence-corrected chi connectivity index (χ4v) is 4.11. The van der Waals surface area contributed by atoms with Crippen molar-refractivity contribution >= 4 is 28.8 Å². The highest BCUT2D eigenvalue weighted by molar-refractivity contribution is 6.09. The van der Waals surface area contributed by atoms with Crippen molar-refractivity contribution in [3.8, 4) is 5.75 Å². The fraction of sp³-hybridized carbons (Fsp3) is 0.261. The Morgan fingerprint density at radius 1 is 1.19 bits per heavy atom. The molecule has 2 N–H and O–H groups in total. The molecule has 0 aliphatic carbocycles. The SMILES string of the molecule is C[C@@]1(c2cc3ccccc3o2)NC(=O)N(CC(=O)N[C@@H]2CCOc3ccccc32)C1=O. The lowest BCUT2D eigenvalue weighted by molar-refractivity contribution is -0.135. The van der Waals surface area contributed by atoms with Crippen molar-refractivity contribution in [1.82, 2.24) is 15.5 Å². The maximum absolute atomic E-state index is 13.1. The maximum atomic E-state index is 13.1. The van der Waals surface area contributed by atoms with Crippen LogP contribution < -0.4 is 15.4 Å². The van der Waals surface area contributed by atoms with Gasteiger partial charge in [0, 0.05) is 17.4 Å². The van der Waals surface area contributed by atoms with E-state index in [0.717, 1.165) is 21.6 Å². The van der Waals surface area contributed by atoms with Crippen LogP contribution in [0, 0.1) is 0 Å². The van der Waals surface area contributed by atoms with Crippen LogP contribution >= 0.6 is 0 Å². The summed E-state index contributed by atoms with van der Waals surface area (Å²) in [6.45, 7) is 1.69. The van der Waals surface area contributed by atoms with Crippen LogP contribution in [0.1, 0.15) is 30.7 Å². The first-order valence-corrected chi connectivity index (χ1v) is 10.1. The van der Waals surface area contributed by atoms with Crippen molar-refractivity contribution in [2.45, 2.75) is 24.9 Å². The highest BCUT2D eigenvalue weighted by Gasteiger charge is 2.51. The minimum absolute atomic E-state index is 0.236. The third kappa shape index (κ3) is 3.20. The van der Waals surface area contributed by atoms with Crippen LogP contribution in [-0.4, -0.2) is 35.9 Å². The zero-order valence-corrected chi connectivity index (χ0v) is 16.9. The zero-order chi connectivity index (χ0) is 21.6. The Morgan fingerprint density at radius 2 is 1.97 bits per heavy atom. The summed E-state index contributed by atoms with van der Waals surface area (Å²) in [4.78, 5) is 39.3. The van der Waals surface area contributed by atoms with Gasteiger partial charge in [0.15, 0.2) is 5.54 Å². The average Bonchev–Trinajstić information content (AvgIpc) is 3.30. The standard InChI is InChI=1S/C23H21N3O5/c1-23(19-12-14-6-2-4-8-17(14)31-19)21(28)26(22(29)25-23)13-20(27)24-16-10-11-30-18-9-5-3-7-15(16)18/h2-9,12,16H,10-11,13H2,1H3,(H,24,27)(H,25,29)/t16-,23+/m1/s1. The monoisotopic (exact) mass is 419 g/mol. The minimum Gasteiger partial charge on any atom is -0.493 e. The third-order valence-electron chi connectivity index (χ3n) is 5.79. The Morgan fingerprint density at radius 3 is 2.81 bits per heavy atom. The molecule has 0 unspecified atom stereocenters. The summed E-state index contributed by atoms with van der Waals surface area (Å²) < 4.78 is 11.4. The second kappa shape index (κ2) is 7.16. The number of urea groups is 1. The van der Waals surface area contributed by atoms with Gasteiger partial charge in [0.2, 0.25) is 5.91 Å². The van der Waals surface area contributed by atoms with Gasteiger partial charge in [-0.15, -0.1) is 0 Å². The Kier molecular flexibility index (Phi) is 4.43. The number of furan rings is 1. The van der Waals surface area contributed by atoms with Gasteiger partial charge in [0.1, 0.15) is 23.6 Å². The van der Waals surface area contributed by atoms with Crippen LogP contribution in [0.15, 0.2) is 59.0 Å². The van der Waals surface area contributed by atoms with Crippen molar-refractivity contribution in [2.24, 2.45) is 0 Å². The lowest BCUT2D eigenvalue weighted by atomic mass is 9.98. The number of rotatable bonds is 4. The number of carbonyl (C=O) groups excluding carboxylic acids is 3. The molecule has 158 valence electrons. The molecule has 1 fully saturated rings. The Labute approximate surface area is 178 Å². The summed E-state index contributed by atoms with van der Waals surface area (Å²) in [5, 5.41) is 6.42. The first-order chi connectivity index (χ1) is 15.0. The van der Waals surface area contributed by atoms with Crippen molar-refractivity contribution in [3.05, 3.63) is 65.9 Å². The number of amides is 4. The summed E-state index contributed by atoms with van der Waals surface area (Å²) >= 11 is 0. The van der Waals surface area contributed by atoms with Gasteiger partial charge in [-0.2, -0.15) is 0 Å². The molecular formula is C23H21N3O5. The summed E-state index contributed by atoms with van der Waals surface area (Å²) in [5.41, 5.74) is 0.128. The van der Waals surface area contributed by atoms with Crippen LogP contribution in [-0.2, 0) is 15.1 Å². The molecule has 0 saturated carbocycles. The molecule has 3 heterocycles. The Balaban J connectivity index is 1.33. The van der Waals surface area contributed by atoms with Crippen molar-refractivity contribution < 1.29 is 23.5 Å². The molecule has 0 radical (unpaired) electrons. The van der Waals surface area contributed by atoms with E-state index < -0.39 is 23.4 Å². The van der Waals surface area contributed by atoms with Gasteiger partial charge >= 0.3 is 6.03 Å². The molecule has 8 heteroatoms. The second-order valence-electron chi connectivity index (χ2n) is 7.89. The van der Waals surface area contributed by atoms with Gasteiger partial charge in [-0.05, 0) is 25.1 Å². The van der Waals surface area contributed by atoms with E-state index in [0.29, 0.717) is 24.4 Å². The summed E-state index contributed by atoms with van der Waals surface area (Å²) in [6, 6.07) is 15.7. The molecule has 8 nitrogen and oxygen atoms in total. The number of carbonyl (C=O) groups is 3. The van der Waals surface area contributed by atoms with Crippen molar-refractivity contribution in [3.63, 3.8) is 0 Å². The lowest BCUT2D eigenvalue weighted by Crippen LogP contribution is -2.44. The first-order valence-electron chi connectivity index (χ1n) is 10.1. The van der Waals surface area contributed by atoms with Crippen LogP contribution in [0.2, 0.25) is 0 Å². The summed E-state index contributed by atoms with van der Waals surface area (Å²) in [6.07, 6.45) is 0.611. The van der Waals surface area contributed by atoms with E-state index in [9.17, 15) is 14.4 Å². The second-order valence-corrected chi connectivity index (χ2v) is 7.89. The molecule has 5 rings (SSSR count). The van der Waals surface area contributed by atoms with Gasteiger partial charge in [0.05, 0.1) is 12.6 Å². The number of nitrogens with zero attached hydrogens (tertiary/aromatic N) is 1. The highest BCUT2D eigenvalue weighted by atomic mass is 16.5.